The highest BCUT2D eigenvalue weighted by Crippen LogP contribution is 2.43. The predicted molar refractivity (Wildman–Crippen MR) is 165 cm³/mol. The van der Waals surface area contributed by atoms with Gasteiger partial charge in [0.15, 0.2) is 11.6 Å². The largest absolute Gasteiger partial charge is 0.492 e. The summed E-state index contributed by atoms with van der Waals surface area (Å²) in [5.41, 5.74) is 0.107. The van der Waals surface area contributed by atoms with Crippen LogP contribution in [0.25, 0.3) is 10.9 Å². The molecular weight excluding hydrogens is 565 g/mol. The summed E-state index contributed by atoms with van der Waals surface area (Å²) in [6.07, 6.45) is 14.6. The molecule has 9 nitrogen and oxygen atoms in total. The first-order valence-corrected chi connectivity index (χ1v) is 14.6. The van der Waals surface area contributed by atoms with E-state index in [1.165, 1.54) is 43.6 Å². The van der Waals surface area contributed by atoms with Crippen LogP contribution in [0, 0.1) is 36.4 Å². The van der Waals surface area contributed by atoms with Crippen LogP contribution < -0.4 is 25.1 Å². The maximum absolute atomic E-state index is 15.7. The molecule has 0 bridgehead atoms. The Balaban J connectivity index is 1.41. The van der Waals surface area contributed by atoms with Gasteiger partial charge in [0.1, 0.15) is 17.0 Å². The van der Waals surface area contributed by atoms with Crippen LogP contribution in [0.15, 0.2) is 41.3 Å². The summed E-state index contributed by atoms with van der Waals surface area (Å²) in [5, 5.41) is 3.39. The SMILES string of the molecule is C#CCC(CC#C)COC(=O)c1ccc(OC(=O)c2cn(C3CC3)c3c(OC)c(N4CCNC(C)C4)c(F)cc3c2=O)cc1. The van der Waals surface area contributed by atoms with Gasteiger partial charge in [0.25, 0.3) is 0 Å². The quantitative estimate of drug-likeness (QED) is 0.209. The fraction of sp³-hybridized carbons (Fsp3) is 0.382. The Bertz CT molecular complexity index is 1700. The number of benzene rings is 2. The van der Waals surface area contributed by atoms with E-state index < -0.39 is 23.2 Å². The van der Waals surface area contributed by atoms with E-state index in [1.54, 1.807) is 0 Å². The third-order valence-electron chi connectivity index (χ3n) is 7.81. The summed E-state index contributed by atoms with van der Waals surface area (Å²) < 4.78 is 34.1. The van der Waals surface area contributed by atoms with Crippen molar-refractivity contribution in [3.8, 4) is 36.2 Å². The molecule has 0 spiro atoms. The van der Waals surface area contributed by atoms with E-state index in [2.05, 4.69) is 17.2 Å². The molecule has 10 heteroatoms. The molecule has 1 unspecified atom stereocenters. The van der Waals surface area contributed by atoms with Gasteiger partial charge in [-0.1, -0.05) is 0 Å². The lowest BCUT2D eigenvalue weighted by Crippen LogP contribution is -2.49. The number of ether oxygens (including phenoxy) is 3. The maximum Gasteiger partial charge on any atom is 0.349 e. The summed E-state index contributed by atoms with van der Waals surface area (Å²) in [5.74, 6) is 3.22. The van der Waals surface area contributed by atoms with Crippen LogP contribution in [-0.4, -0.2) is 55.9 Å². The number of pyridine rings is 1. The Hall–Kier alpha value is -4.80. The van der Waals surface area contributed by atoms with E-state index in [9.17, 15) is 14.4 Å². The van der Waals surface area contributed by atoms with Gasteiger partial charge in [-0.05, 0) is 50.1 Å². The molecule has 0 radical (unpaired) electrons. The van der Waals surface area contributed by atoms with Gasteiger partial charge in [-0.25, -0.2) is 14.0 Å². The molecule has 1 saturated carbocycles. The number of methoxy groups -OCH3 is 1. The van der Waals surface area contributed by atoms with Crippen molar-refractivity contribution in [1.29, 1.82) is 0 Å². The number of esters is 2. The molecule has 44 heavy (non-hydrogen) atoms. The second-order valence-electron chi connectivity index (χ2n) is 11.1. The number of carbonyl (C=O) groups is 2. The Morgan fingerprint density at radius 2 is 1.84 bits per heavy atom. The third kappa shape index (κ3) is 6.41. The van der Waals surface area contributed by atoms with Crippen molar-refractivity contribution in [2.75, 3.05) is 38.3 Å². The Labute approximate surface area is 255 Å². The van der Waals surface area contributed by atoms with E-state index >= 15 is 4.39 Å². The summed E-state index contributed by atoms with van der Waals surface area (Å²) in [6, 6.07) is 7.13. The molecular formula is C34H34FN3O6. The van der Waals surface area contributed by atoms with Crippen molar-refractivity contribution < 1.29 is 28.2 Å². The smallest absolute Gasteiger partial charge is 0.349 e. The van der Waals surface area contributed by atoms with Gasteiger partial charge in [-0.3, -0.25) is 4.79 Å². The third-order valence-corrected chi connectivity index (χ3v) is 7.81. The summed E-state index contributed by atoms with van der Waals surface area (Å²) in [6.45, 7) is 3.94. The second-order valence-corrected chi connectivity index (χ2v) is 11.1. The van der Waals surface area contributed by atoms with E-state index in [0.29, 0.717) is 43.7 Å². The molecule has 2 fully saturated rings. The summed E-state index contributed by atoms with van der Waals surface area (Å²) >= 11 is 0. The van der Waals surface area contributed by atoms with Gasteiger partial charge >= 0.3 is 11.9 Å². The highest BCUT2D eigenvalue weighted by Gasteiger charge is 2.32. The average Bonchev–Trinajstić information content (AvgIpc) is 3.86. The fourth-order valence-corrected chi connectivity index (χ4v) is 5.47. The van der Waals surface area contributed by atoms with Crippen molar-refractivity contribution in [1.82, 2.24) is 9.88 Å². The number of hydrogen-bond acceptors (Lipinski definition) is 8. The van der Waals surface area contributed by atoms with Gasteiger partial charge in [0, 0.05) is 56.7 Å². The van der Waals surface area contributed by atoms with E-state index in [4.69, 9.17) is 27.1 Å². The molecule has 1 aliphatic heterocycles. The summed E-state index contributed by atoms with van der Waals surface area (Å²) in [4.78, 5) is 41.3. The molecule has 2 aromatic carbocycles. The van der Waals surface area contributed by atoms with Crippen molar-refractivity contribution >= 4 is 28.5 Å². The molecule has 2 heterocycles. The van der Waals surface area contributed by atoms with E-state index in [1.807, 2.05) is 16.4 Å². The number of aromatic nitrogens is 1. The summed E-state index contributed by atoms with van der Waals surface area (Å²) in [7, 11) is 1.46. The molecule has 3 aromatic rings. The van der Waals surface area contributed by atoms with E-state index in [-0.39, 0.29) is 52.6 Å². The van der Waals surface area contributed by atoms with Gasteiger partial charge < -0.3 is 29.0 Å². The Kier molecular flexibility index (Phi) is 9.22. The number of rotatable bonds is 10. The number of terminal acetylenes is 2. The molecule has 1 saturated heterocycles. The molecule has 5 rings (SSSR count). The van der Waals surface area contributed by atoms with Gasteiger partial charge in [-0.15, -0.1) is 24.7 Å². The zero-order valence-corrected chi connectivity index (χ0v) is 24.7. The number of hydrogen-bond donors (Lipinski definition) is 1. The number of fused-ring (bicyclic) bond motifs is 1. The zero-order valence-electron chi connectivity index (χ0n) is 24.7. The lowest BCUT2D eigenvalue weighted by Gasteiger charge is -2.35. The van der Waals surface area contributed by atoms with Crippen LogP contribution in [0.5, 0.6) is 11.5 Å². The second kappa shape index (κ2) is 13.2. The number of anilines is 1. The van der Waals surface area contributed by atoms with Crippen LogP contribution in [0.3, 0.4) is 0 Å². The number of nitrogens with one attached hydrogen (secondary N) is 1. The van der Waals surface area contributed by atoms with E-state index in [0.717, 1.165) is 12.8 Å². The van der Waals surface area contributed by atoms with Crippen molar-refractivity contribution in [2.45, 2.75) is 44.7 Å². The zero-order chi connectivity index (χ0) is 31.4. The Morgan fingerprint density at radius 3 is 2.45 bits per heavy atom. The standard InChI is InChI=1S/C34H34FN3O6/c1-5-7-22(8-6-2)20-43-33(40)23-9-13-25(14-10-23)44-34(41)27-19-38(24-11-12-24)29-26(31(27)39)17-28(35)30(32(29)42-4)37-16-15-36-21(3)18-37/h1-2,9-10,13-14,17,19,21-22,24,36H,7-8,11-12,15-16,18,20H2,3-4H3. The maximum atomic E-state index is 15.7. The van der Waals surface area contributed by atoms with Crippen LogP contribution in [0.4, 0.5) is 10.1 Å². The highest BCUT2D eigenvalue weighted by atomic mass is 19.1. The van der Waals surface area contributed by atoms with Crippen LogP contribution in [0.1, 0.15) is 59.4 Å². The molecule has 1 N–H and O–H groups in total. The molecule has 0 amide bonds. The molecule has 2 aliphatic rings. The van der Waals surface area contributed by atoms with Crippen LogP contribution in [0.2, 0.25) is 0 Å². The van der Waals surface area contributed by atoms with Crippen LogP contribution in [-0.2, 0) is 4.74 Å². The first-order chi connectivity index (χ1) is 21.2. The van der Waals surface area contributed by atoms with Gasteiger partial charge in [0.05, 0.1) is 30.2 Å². The number of carbonyl (C=O) groups excluding carboxylic acids is 2. The minimum absolute atomic E-state index is 0.0324. The molecule has 1 aromatic heterocycles. The van der Waals surface area contributed by atoms with Crippen LogP contribution >= 0.6 is 0 Å². The minimum Gasteiger partial charge on any atom is -0.492 e. The topological polar surface area (TPSA) is 99.1 Å². The first kappa shape index (κ1) is 30.7. The molecule has 228 valence electrons. The monoisotopic (exact) mass is 599 g/mol. The van der Waals surface area contributed by atoms with Crippen molar-refractivity contribution in [3.05, 3.63) is 63.7 Å². The molecule has 1 atom stereocenters. The highest BCUT2D eigenvalue weighted by molar-refractivity contribution is 5.98. The first-order valence-electron chi connectivity index (χ1n) is 14.6. The predicted octanol–water partition coefficient (Wildman–Crippen LogP) is 4.32. The Morgan fingerprint density at radius 1 is 1.14 bits per heavy atom. The van der Waals surface area contributed by atoms with Crippen molar-refractivity contribution in [2.24, 2.45) is 5.92 Å². The van der Waals surface area contributed by atoms with Gasteiger partial charge in [-0.2, -0.15) is 0 Å². The lowest BCUT2D eigenvalue weighted by molar-refractivity contribution is 0.0444. The van der Waals surface area contributed by atoms with Gasteiger partial charge in [0.2, 0.25) is 5.43 Å². The minimum atomic E-state index is -0.896. The number of halogens is 1. The number of piperazine rings is 1. The lowest BCUT2D eigenvalue weighted by atomic mass is 10.0. The average molecular weight is 600 g/mol. The molecule has 1 aliphatic carbocycles. The number of nitrogens with zero attached hydrogens (tertiary/aromatic N) is 2. The normalized spacial score (nSPS) is 16.3. The van der Waals surface area contributed by atoms with Crippen molar-refractivity contribution in [3.63, 3.8) is 0 Å². The fourth-order valence-electron chi connectivity index (χ4n) is 5.47.